The number of carbonyl (C=O) groups excluding carboxylic acids is 1. The van der Waals surface area contributed by atoms with Crippen molar-refractivity contribution in [3.8, 4) is 0 Å². The number of hydrazine groups is 1. The minimum Gasteiger partial charge on any atom is -0.303 e. The van der Waals surface area contributed by atoms with Crippen LogP contribution in [0.4, 0.5) is 0 Å². The Balaban J connectivity index is 2.47. The van der Waals surface area contributed by atoms with Gasteiger partial charge in [0.2, 0.25) is 0 Å². The molecule has 0 aliphatic heterocycles. The van der Waals surface area contributed by atoms with Crippen LogP contribution in [0.3, 0.4) is 0 Å². The first-order valence-corrected chi connectivity index (χ1v) is 7.77. The van der Waals surface area contributed by atoms with E-state index in [1.165, 1.54) is 0 Å². The largest absolute Gasteiger partial charge is 0.303 e. The molecule has 0 atom stereocenters. The summed E-state index contributed by atoms with van der Waals surface area (Å²) in [6.07, 6.45) is 0. The molecule has 0 fully saturated rings. The molecule has 0 spiro atoms. The molecule has 106 valence electrons. The number of hydrogen-bond donors (Lipinski definition) is 2. The second-order valence-corrected chi connectivity index (χ2v) is 5.32. The van der Waals surface area contributed by atoms with E-state index in [9.17, 15) is 4.79 Å². The highest BCUT2D eigenvalue weighted by molar-refractivity contribution is 7.98. The minimum absolute atomic E-state index is 0.222. The van der Waals surface area contributed by atoms with E-state index in [1.807, 2.05) is 36.0 Å². The molecule has 0 aliphatic rings. The number of rotatable bonds is 8. The van der Waals surface area contributed by atoms with Gasteiger partial charge in [-0.05, 0) is 24.7 Å². The summed E-state index contributed by atoms with van der Waals surface area (Å²) >= 11 is 1.84. The van der Waals surface area contributed by atoms with Crippen LogP contribution in [0.15, 0.2) is 24.3 Å². The van der Waals surface area contributed by atoms with Crippen LogP contribution in [0.5, 0.6) is 0 Å². The van der Waals surface area contributed by atoms with Gasteiger partial charge in [0.1, 0.15) is 0 Å². The molecule has 19 heavy (non-hydrogen) atoms. The average Bonchev–Trinajstić information content (AvgIpc) is 2.47. The fourth-order valence-corrected chi connectivity index (χ4v) is 2.86. The van der Waals surface area contributed by atoms with Gasteiger partial charge in [-0.1, -0.05) is 32.0 Å². The summed E-state index contributed by atoms with van der Waals surface area (Å²) in [6.45, 7) is 7.61. The number of hydrogen-bond acceptors (Lipinski definition) is 4. The van der Waals surface area contributed by atoms with Crippen LogP contribution < -0.4 is 11.3 Å². The van der Waals surface area contributed by atoms with Gasteiger partial charge in [-0.25, -0.2) is 5.84 Å². The van der Waals surface area contributed by atoms with Crippen LogP contribution >= 0.6 is 11.8 Å². The molecule has 3 N–H and O–H groups in total. The summed E-state index contributed by atoms with van der Waals surface area (Å²) in [5.41, 5.74) is 3.90. The maximum Gasteiger partial charge on any atom is 0.265 e. The minimum atomic E-state index is -0.222. The lowest BCUT2D eigenvalue weighted by molar-refractivity contribution is 0.0953. The van der Waals surface area contributed by atoms with E-state index >= 15 is 0 Å². The van der Waals surface area contributed by atoms with Gasteiger partial charge in [-0.15, -0.1) is 0 Å². The van der Waals surface area contributed by atoms with Crippen molar-refractivity contribution in [2.75, 3.05) is 25.4 Å². The smallest absolute Gasteiger partial charge is 0.265 e. The SMILES string of the molecule is CCN(CC)CCSCc1ccccc1C(=O)NN. The predicted molar refractivity (Wildman–Crippen MR) is 82.0 cm³/mol. The molecule has 0 saturated carbocycles. The summed E-state index contributed by atoms with van der Waals surface area (Å²) in [5, 5.41) is 0. The first kappa shape index (κ1) is 16.0. The Hall–Kier alpha value is -1.04. The molecule has 1 aromatic carbocycles. The summed E-state index contributed by atoms with van der Waals surface area (Å²) in [7, 11) is 0. The van der Waals surface area contributed by atoms with E-state index < -0.39 is 0 Å². The molecule has 0 bridgehead atoms. The molecule has 1 aromatic rings. The molecule has 1 amide bonds. The Morgan fingerprint density at radius 3 is 2.63 bits per heavy atom. The Morgan fingerprint density at radius 1 is 1.32 bits per heavy atom. The summed E-state index contributed by atoms with van der Waals surface area (Å²) < 4.78 is 0. The zero-order chi connectivity index (χ0) is 14.1. The summed E-state index contributed by atoms with van der Waals surface area (Å²) in [4.78, 5) is 14.0. The van der Waals surface area contributed by atoms with Gasteiger partial charge in [-0.3, -0.25) is 10.2 Å². The van der Waals surface area contributed by atoms with E-state index in [0.29, 0.717) is 5.56 Å². The molecular weight excluding hydrogens is 258 g/mol. The molecule has 0 aliphatic carbocycles. The van der Waals surface area contributed by atoms with Gasteiger partial charge < -0.3 is 4.90 Å². The highest BCUT2D eigenvalue weighted by Gasteiger charge is 2.09. The van der Waals surface area contributed by atoms with Gasteiger partial charge in [0.15, 0.2) is 0 Å². The zero-order valence-electron chi connectivity index (χ0n) is 11.7. The Labute approximate surface area is 119 Å². The molecule has 0 heterocycles. The van der Waals surface area contributed by atoms with Crippen molar-refractivity contribution in [2.24, 2.45) is 5.84 Å². The van der Waals surface area contributed by atoms with Gasteiger partial charge in [0.05, 0.1) is 0 Å². The van der Waals surface area contributed by atoms with Gasteiger partial charge in [-0.2, -0.15) is 11.8 Å². The van der Waals surface area contributed by atoms with Crippen LogP contribution in [0, 0.1) is 0 Å². The van der Waals surface area contributed by atoms with Gasteiger partial charge in [0, 0.05) is 23.6 Å². The predicted octanol–water partition coefficient (Wildman–Crippen LogP) is 1.87. The first-order valence-electron chi connectivity index (χ1n) is 6.61. The van der Waals surface area contributed by atoms with Crippen LogP contribution in [0.1, 0.15) is 29.8 Å². The summed E-state index contributed by atoms with van der Waals surface area (Å²) in [6, 6.07) is 7.60. The second-order valence-electron chi connectivity index (χ2n) is 4.21. The van der Waals surface area contributed by atoms with E-state index in [1.54, 1.807) is 0 Å². The Morgan fingerprint density at radius 2 is 2.00 bits per heavy atom. The van der Waals surface area contributed by atoms with Crippen LogP contribution in [0.2, 0.25) is 0 Å². The van der Waals surface area contributed by atoms with Crippen molar-refractivity contribution >= 4 is 17.7 Å². The maximum absolute atomic E-state index is 11.6. The molecule has 0 unspecified atom stereocenters. The number of nitrogens with zero attached hydrogens (tertiary/aromatic N) is 1. The maximum atomic E-state index is 11.6. The van der Waals surface area contributed by atoms with Gasteiger partial charge in [0.25, 0.3) is 5.91 Å². The number of thioether (sulfide) groups is 1. The topological polar surface area (TPSA) is 58.4 Å². The highest BCUT2D eigenvalue weighted by atomic mass is 32.2. The Bertz CT molecular complexity index is 394. The van der Waals surface area contributed by atoms with E-state index in [4.69, 9.17) is 5.84 Å². The number of nitrogens with two attached hydrogens (primary N) is 1. The number of carbonyl (C=O) groups is 1. The summed E-state index contributed by atoms with van der Waals surface area (Å²) in [5.74, 6) is 6.88. The van der Waals surface area contributed by atoms with E-state index in [2.05, 4.69) is 24.2 Å². The fourth-order valence-electron chi connectivity index (χ4n) is 1.86. The van der Waals surface area contributed by atoms with Crippen molar-refractivity contribution in [3.63, 3.8) is 0 Å². The number of nitrogen functional groups attached to an aromatic ring is 1. The standard InChI is InChI=1S/C14H23N3OS/c1-3-17(4-2)9-10-19-11-12-7-5-6-8-13(12)14(18)16-15/h5-8H,3-4,9-11,15H2,1-2H3,(H,16,18). The molecule has 0 radical (unpaired) electrons. The quantitative estimate of drug-likeness (QED) is 0.330. The third kappa shape index (κ3) is 5.22. The lowest BCUT2D eigenvalue weighted by atomic mass is 10.1. The molecular formula is C14H23N3OS. The highest BCUT2D eigenvalue weighted by Crippen LogP contribution is 2.16. The van der Waals surface area contributed by atoms with Crippen molar-refractivity contribution in [2.45, 2.75) is 19.6 Å². The lowest BCUT2D eigenvalue weighted by Gasteiger charge is -2.17. The van der Waals surface area contributed by atoms with E-state index in [0.717, 1.165) is 36.7 Å². The first-order chi connectivity index (χ1) is 9.22. The number of benzene rings is 1. The van der Waals surface area contributed by atoms with Crippen molar-refractivity contribution in [1.82, 2.24) is 10.3 Å². The van der Waals surface area contributed by atoms with Crippen LogP contribution in [0.25, 0.3) is 0 Å². The van der Waals surface area contributed by atoms with Crippen LogP contribution in [-0.2, 0) is 5.75 Å². The average molecular weight is 281 g/mol. The van der Waals surface area contributed by atoms with Crippen LogP contribution in [-0.4, -0.2) is 36.2 Å². The monoisotopic (exact) mass is 281 g/mol. The fraction of sp³-hybridized carbons (Fsp3) is 0.500. The molecule has 4 nitrogen and oxygen atoms in total. The molecule has 0 saturated heterocycles. The second kappa shape index (κ2) is 8.96. The normalized spacial score (nSPS) is 10.7. The van der Waals surface area contributed by atoms with Crippen molar-refractivity contribution < 1.29 is 4.79 Å². The van der Waals surface area contributed by atoms with Crippen molar-refractivity contribution in [3.05, 3.63) is 35.4 Å². The number of amides is 1. The number of nitrogens with one attached hydrogen (secondary N) is 1. The molecule has 0 aromatic heterocycles. The van der Waals surface area contributed by atoms with Gasteiger partial charge >= 0.3 is 0 Å². The third-order valence-electron chi connectivity index (χ3n) is 3.10. The van der Waals surface area contributed by atoms with Crippen molar-refractivity contribution in [1.29, 1.82) is 0 Å². The Kier molecular flexibility index (Phi) is 7.55. The molecule has 1 rings (SSSR count). The molecule has 5 heteroatoms. The third-order valence-corrected chi connectivity index (χ3v) is 4.08. The zero-order valence-corrected chi connectivity index (χ0v) is 12.5. The van der Waals surface area contributed by atoms with E-state index in [-0.39, 0.29) is 5.91 Å². The lowest BCUT2D eigenvalue weighted by Crippen LogP contribution is -2.30.